The maximum absolute atomic E-state index is 12.6. The van der Waals surface area contributed by atoms with E-state index in [0.29, 0.717) is 11.8 Å². The second-order valence-corrected chi connectivity index (χ2v) is 7.48. The van der Waals surface area contributed by atoms with Crippen molar-refractivity contribution < 1.29 is 9.53 Å². The minimum atomic E-state index is -0.440. The van der Waals surface area contributed by atoms with Crippen molar-refractivity contribution in [1.82, 2.24) is 10.2 Å². The number of amides is 1. The highest BCUT2D eigenvalue weighted by atomic mass is 16.6. The normalized spacial score (nSPS) is 24.5. The number of rotatable bonds is 4. The average molecular weight is 302 g/mol. The first-order chi connectivity index (χ1) is 10.4. The Bertz CT molecular complexity index is 520. The number of ether oxygens (including phenoxy) is 1. The predicted molar refractivity (Wildman–Crippen MR) is 86.9 cm³/mol. The van der Waals surface area contributed by atoms with Gasteiger partial charge in [0, 0.05) is 37.5 Å². The van der Waals surface area contributed by atoms with Crippen molar-refractivity contribution in [2.45, 2.75) is 44.8 Å². The molecule has 1 aliphatic carbocycles. The van der Waals surface area contributed by atoms with Gasteiger partial charge in [0.1, 0.15) is 5.60 Å². The van der Waals surface area contributed by atoms with E-state index in [4.69, 9.17) is 4.74 Å². The Hall–Kier alpha value is -1.55. The van der Waals surface area contributed by atoms with Gasteiger partial charge in [-0.25, -0.2) is 4.79 Å². The van der Waals surface area contributed by atoms with Gasteiger partial charge in [-0.3, -0.25) is 0 Å². The molecule has 2 aliphatic rings. The summed E-state index contributed by atoms with van der Waals surface area (Å²) in [5.74, 6) is 1.02. The molecule has 1 saturated carbocycles. The SMILES string of the molecule is CC(C)(C)OC(=O)N(CC1CNC1)C1CC1c1ccccc1. The number of hydrogen-bond acceptors (Lipinski definition) is 3. The maximum Gasteiger partial charge on any atom is 0.410 e. The number of nitrogens with one attached hydrogen (secondary N) is 1. The third-order valence-corrected chi connectivity index (χ3v) is 4.33. The molecule has 3 rings (SSSR count). The molecule has 1 aromatic carbocycles. The van der Waals surface area contributed by atoms with Crippen LogP contribution in [0.15, 0.2) is 30.3 Å². The molecule has 1 heterocycles. The van der Waals surface area contributed by atoms with E-state index in [1.54, 1.807) is 0 Å². The maximum atomic E-state index is 12.6. The summed E-state index contributed by atoms with van der Waals surface area (Å²) in [7, 11) is 0. The Labute approximate surface area is 132 Å². The first-order valence-electron chi connectivity index (χ1n) is 8.19. The Kier molecular flexibility index (Phi) is 4.13. The van der Waals surface area contributed by atoms with Crippen LogP contribution in [0, 0.1) is 5.92 Å². The van der Waals surface area contributed by atoms with E-state index in [1.807, 2.05) is 31.7 Å². The summed E-state index contributed by atoms with van der Waals surface area (Å²) in [6, 6.07) is 10.8. The van der Waals surface area contributed by atoms with Gasteiger partial charge in [0.25, 0.3) is 0 Å². The van der Waals surface area contributed by atoms with Gasteiger partial charge >= 0.3 is 6.09 Å². The summed E-state index contributed by atoms with van der Waals surface area (Å²) in [6.45, 7) is 8.58. The van der Waals surface area contributed by atoms with E-state index in [2.05, 4.69) is 29.6 Å². The molecular weight excluding hydrogens is 276 g/mol. The van der Waals surface area contributed by atoms with Crippen LogP contribution < -0.4 is 5.32 Å². The molecule has 1 saturated heterocycles. The third-order valence-electron chi connectivity index (χ3n) is 4.33. The summed E-state index contributed by atoms with van der Waals surface area (Å²) < 4.78 is 5.62. The average Bonchev–Trinajstić information content (AvgIpc) is 3.16. The van der Waals surface area contributed by atoms with Gasteiger partial charge in [0.2, 0.25) is 0 Å². The zero-order valence-electron chi connectivity index (χ0n) is 13.7. The van der Waals surface area contributed by atoms with Crippen LogP contribution in [0.3, 0.4) is 0 Å². The van der Waals surface area contributed by atoms with Crippen molar-refractivity contribution >= 4 is 6.09 Å². The van der Waals surface area contributed by atoms with Crippen molar-refractivity contribution in [3.63, 3.8) is 0 Å². The minimum absolute atomic E-state index is 0.164. The van der Waals surface area contributed by atoms with E-state index in [-0.39, 0.29) is 12.1 Å². The largest absolute Gasteiger partial charge is 0.444 e. The molecule has 4 heteroatoms. The van der Waals surface area contributed by atoms with E-state index in [9.17, 15) is 4.79 Å². The quantitative estimate of drug-likeness (QED) is 0.929. The van der Waals surface area contributed by atoms with Gasteiger partial charge in [-0.05, 0) is 32.8 Å². The standard InChI is InChI=1S/C18H26N2O2/c1-18(2,3)22-17(21)20(12-13-10-19-11-13)16-9-15(16)14-7-5-4-6-8-14/h4-8,13,15-16,19H,9-12H2,1-3H3. The van der Waals surface area contributed by atoms with Crippen LogP contribution in [0.25, 0.3) is 0 Å². The predicted octanol–water partition coefficient (Wildman–Crippen LogP) is 3.00. The lowest BCUT2D eigenvalue weighted by Gasteiger charge is -2.34. The molecule has 2 fully saturated rings. The number of benzene rings is 1. The number of carbonyl (C=O) groups is 1. The van der Waals surface area contributed by atoms with Gasteiger partial charge in [0.05, 0.1) is 0 Å². The van der Waals surface area contributed by atoms with Crippen molar-refractivity contribution in [1.29, 1.82) is 0 Å². The lowest BCUT2D eigenvalue weighted by Crippen LogP contribution is -2.51. The van der Waals surface area contributed by atoms with Gasteiger partial charge in [0.15, 0.2) is 0 Å². The van der Waals surface area contributed by atoms with E-state index in [0.717, 1.165) is 26.1 Å². The minimum Gasteiger partial charge on any atom is -0.444 e. The van der Waals surface area contributed by atoms with Crippen molar-refractivity contribution in [2.75, 3.05) is 19.6 Å². The second-order valence-electron chi connectivity index (χ2n) is 7.48. The first-order valence-corrected chi connectivity index (χ1v) is 8.19. The van der Waals surface area contributed by atoms with Crippen LogP contribution in [0.5, 0.6) is 0 Å². The van der Waals surface area contributed by atoms with E-state index < -0.39 is 5.60 Å². The van der Waals surface area contributed by atoms with Gasteiger partial charge in [-0.2, -0.15) is 0 Å². The highest BCUT2D eigenvalue weighted by molar-refractivity contribution is 5.69. The summed E-state index contributed by atoms with van der Waals surface area (Å²) in [5, 5.41) is 3.28. The molecule has 2 unspecified atom stereocenters. The molecule has 2 atom stereocenters. The first kappa shape index (κ1) is 15.3. The molecule has 1 aliphatic heterocycles. The molecule has 1 amide bonds. The van der Waals surface area contributed by atoms with E-state index >= 15 is 0 Å². The molecule has 0 bridgehead atoms. The molecule has 0 spiro atoms. The molecular formula is C18H26N2O2. The lowest BCUT2D eigenvalue weighted by atomic mass is 10.0. The van der Waals surface area contributed by atoms with Crippen molar-refractivity contribution in [2.24, 2.45) is 5.92 Å². The fourth-order valence-corrected chi connectivity index (χ4v) is 3.01. The Morgan fingerprint density at radius 1 is 1.27 bits per heavy atom. The van der Waals surface area contributed by atoms with Crippen molar-refractivity contribution in [3.8, 4) is 0 Å². The van der Waals surface area contributed by atoms with Crippen LogP contribution in [-0.4, -0.2) is 42.3 Å². The number of carbonyl (C=O) groups excluding carboxylic acids is 1. The van der Waals surface area contributed by atoms with Crippen LogP contribution >= 0.6 is 0 Å². The third kappa shape index (κ3) is 3.61. The second kappa shape index (κ2) is 5.92. The summed E-state index contributed by atoms with van der Waals surface area (Å²) in [6.07, 6.45) is 0.881. The molecule has 1 N–H and O–H groups in total. The van der Waals surface area contributed by atoms with Crippen LogP contribution in [0.1, 0.15) is 38.7 Å². The number of nitrogens with zero attached hydrogens (tertiary/aromatic N) is 1. The summed E-state index contributed by atoms with van der Waals surface area (Å²) >= 11 is 0. The molecule has 0 radical (unpaired) electrons. The Balaban J connectivity index is 1.68. The van der Waals surface area contributed by atoms with Gasteiger partial charge in [-0.15, -0.1) is 0 Å². The molecule has 0 aromatic heterocycles. The van der Waals surface area contributed by atoms with Gasteiger partial charge in [-0.1, -0.05) is 30.3 Å². The van der Waals surface area contributed by atoms with Crippen LogP contribution in [0.2, 0.25) is 0 Å². The Morgan fingerprint density at radius 2 is 1.95 bits per heavy atom. The van der Waals surface area contributed by atoms with Gasteiger partial charge < -0.3 is 15.0 Å². The van der Waals surface area contributed by atoms with E-state index in [1.165, 1.54) is 5.56 Å². The zero-order valence-corrected chi connectivity index (χ0v) is 13.7. The van der Waals surface area contributed by atoms with Crippen LogP contribution in [0.4, 0.5) is 4.79 Å². The Morgan fingerprint density at radius 3 is 2.50 bits per heavy atom. The fraction of sp³-hybridized carbons (Fsp3) is 0.611. The molecule has 22 heavy (non-hydrogen) atoms. The van der Waals surface area contributed by atoms with Crippen LogP contribution in [-0.2, 0) is 4.74 Å². The smallest absolute Gasteiger partial charge is 0.410 e. The zero-order chi connectivity index (χ0) is 15.7. The fourth-order valence-electron chi connectivity index (χ4n) is 3.01. The topological polar surface area (TPSA) is 41.6 Å². The molecule has 120 valence electrons. The highest BCUT2D eigenvalue weighted by Gasteiger charge is 2.46. The summed E-state index contributed by atoms with van der Waals surface area (Å²) in [5.41, 5.74) is 0.887. The summed E-state index contributed by atoms with van der Waals surface area (Å²) in [4.78, 5) is 14.5. The number of hydrogen-bond donors (Lipinski definition) is 1. The molecule has 4 nitrogen and oxygen atoms in total. The monoisotopic (exact) mass is 302 g/mol. The lowest BCUT2D eigenvalue weighted by molar-refractivity contribution is 0.0180. The highest BCUT2D eigenvalue weighted by Crippen LogP contribution is 2.45. The van der Waals surface area contributed by atoms with Crippen molar-refractivity contribution in [3.05, 3.63) is 35.9 Å². The molecule has 1 aromatic rings.